The number of hydrogen-bond donors (Lipinski definition) is 4. The largest absolute Gasteiger partial charge is 0.457 e. The van der Waals surface area contributed by atoms with Gasteiger partial charge in [0, 0.05) is 42.3 Å². The van der Waals surface area contributed by atoms with Gasteiger partial charge in [0.15, 0.2) is 0 Å². The molecule has 0 radical (unpaired) electrons. The number of aromatic nitrogens is 3. The van der Waals surface area contributed by atoms with Crippen molar-refractivity contribution in [3.8, 4) is 22.8 Å². The van der Waals surface area contributed by atoms with E-state index in [-0.39, 0.29) is 17.6 Å². The Kier molecular flexibility index (Phi) is 7.75. The summed E-state index contributed by atoms with van der Waals surface area (Å²) in [6, 6.07) is 17.2. The van der Waals surface area contributed by atoms with Gasteiger partial charge in [-0.2, -0.15) is 5.10 Å². The Balaban J connectivity index is 1.29. The number of nitrogens with one attached hydrogen (secondary N) is 4. The summed E-state index contributed by atoms with van der Waals surface area (Å²) < 4.78 is 7.87. The van der Waals surface area contributed by atoms with Gasteiger partial charge in [0.05, 0.1) is 11.2 Å². The summed E-state index contributed by atoms with van der Waals surface area (Å²) in [6.45, 7) is 12.2. The fourth-order valence-electron chi connectivity index (χ4n) is 4.52. The number of fused-ring (bicyclic) bond motifs is 1. The van der Waals surface area contributed by atoms with Gasteiger partial charge in [-0.15, -0.1) is 0 Å². The number of benzene rings is 2. The molecule has 0 bridgehead atoms. The lowest BCUT2D eigenvalue weighted by atomic mass is 9.97. The van der Waals surface area contributed by atoms with E-state index in [4.69, 9.17) is 9.84 Å². The van der Waals surface area contributed by atoms with Crippen molar-refractivity contribution >= 4 is 23.2 Å². The monoisotopic (exact) mass is 539 g/mol. The molecule has 0 spiro atoms. The third-order valence-corrected chi connectivity index (χ3v) is 6.53. The van der Waals surface area contributed by atoms with E-state index in [1.807, 2.05) is 29.1 Å². The van der Waals surface area contributed by atoms with Gasteiger partial charge in [-0.25, -0.2) is 9.78 Å². The van der Waals surface area contributed by atoms with Crippen molar-refractivity contribution in [1.82, 2.24) is 20.1 Å². The summed E-state index contributed by atoms with van der Waals surface area (Å²) in [4.78, 5) is 17.4. The minimum absolute atomic E-state index is 0.237. The van der Waals surface area contributed by atoms with Gasteiger partial charge in [0.2, 0.25) is 0 Å². The van der Waals surface area contributed by atoms with Gasteiger partial charge in [0.1, 0.15) is 23.0 Å². The minimum atomic E-state index is -0.343. The molecular weight excluding hydrogens is 502 g/mol. The van der Waals surface area contributed by atoms with Crippen molar-refractivity contribution in [2.45, 2.75) is 59.2 Å². The number of rotatable bonds is 7. The molecule has 208 valence electrons. The average molecular weight is 540 g/mol. The first-order valence-electron chi connectivity index (χ1n) is 13.7. The average Bonchev–Trinajstić information content (AvgIpc) is 3.34. The van der Waals surface area contributed by atoms with Crippen LogP contribution < -0.4 is 26.0 Å². The normalized spacial score (nSPS) is 13.1. The van der Waals surface area contributed by atoms with Crippen LogP contribution in [0, 0.1) is 0 Å². The first-order chi connectivity index (χ1) is 19.1. The highest BCUT2D eigenvalue weighted by molar-refractivity contribution is 6.01. The second-order valence-electron chi connectivity index (χ2n) is 11.3. The summed E-state index contributed by atoms with van der Waals surface area (Å²) in [5, 5.41) is 17.5. The number of carbonyl (C=O) groups excluding carboxylic acids is 1. The molecule has 0 aliphatic carbocycles. The summed E-state index contributed by atoms with van der Waals surface area (Å²) in [5.41, 5.74) is 5.43. The molecule has 0 atom stereocenters. The van der Waals surface area contributed by atoms with Crippen LogP contribution in [0.2, 0.25) is 0 Å². The molecule has 1 aliphatic heterocycles. The maximum Gasteiger partial charge on any atom is 0.323 e. The lowest BCUT2D eigenvalue weighted by Crippen LogP contribution is -2.23. The van der Waals surface area contributed by atoms with E-state index in [0.29, 0.717) is 22.9 Å². The van der Waals surface area contributed by atoms with Gasteiger partial charge in [-0.3, -0.25) is 4.68 Å². The molecule has 4 N–H and O–H groups in total. The third kappa shape index (κ3) is 6.60. The second kappa shape index (κ2) is 11.4. The second-order valence-corrected chi connectivity index (χ2v) is 11.3. The molecule has 0 fully saturated rings. The van der Waals surface area contributed by atoms with Gasteiger partial charge in [-0.1, -0.05) is 12.1 Å². The topological polar surface area (TPSA) is 105 Å². The van der Waals surface area contributed by atoms with Crippen LogP contribution in [-0.4, -0.2) is 33.4 Å². The maximum atomic E-state index is 13.0. The number of pyridine rings is 1. The molecule has 2 amide bonds. The molecule has 0 saturated carbocycles. The highest BCUT2D eigenvalue weighted by atomic mass is 16.5. The maximum absolute atomic E-state index is 13.0. The van der Waals surface area contributed by atoms with E-state index < -0.39 is 0 Å². The number of ether oxygens (including phenoxy) is 1. The molecule has 0 saturated heterocycles. The van der Waals surface area contributed by atoms with Gasteiger partial charge in [-0.05, 0) is 95.1 Å². The Morgan fingerprint density at radius 2 is 1.80 bits per heavy atom. The Morgan fingerprint density at radius 1 is 1.00 bits per heavy atom. The number of carbonyl (C=O) groups is 1. The molecule has 2 aromatic carbocycles. The standard InChI is InChI=1S/C31H37N7O2/c1-20(2)34-28-17-26(13-15-33-28)40-25-10-8-24(9-11-25)35-30(39)36-27-19-38(31(3,4)5)37-29(27)22-6-7-23-18-32-14-12-21(23)16-22/h6-11,13,15-17,19-20,32H,12,14,18H2,1-5H3,(H,33,34)(H2,35,36,39). The van der Waals surface area contributed by atoms with Crippen LogP contribution in [0.4, 0.5) is 22.0 Å². The predicted octanol–water partition coefficient (Wildman–Crippen LogP) is 6.60. The quantitative estimate of drug-likeness (QED) is 0.211. The fraction of sp³-hybridized carbons (Fsp3) is 0.323. The molecule has 9 nitrogen and oxygen atoms in total. The van der Waals surface area contributed by atoms with Crippen molar-refractivity contribution in [3.05, 3.63) is 78.1 Å². The number of hydrogen-bond acceptors (Lipinski definition) is 6. The van der Waals surface area contributed by atoms with Crippen LogP contribution >= 0.6 is 0 Å². The summed E-state index contributed by atoms with van der Waals surface area (Å²) in [5.74, 6) is 2.09. The Morgan fingerprint density at radius 3 is 2.55 bits per heavy atom. The molecule has 1 aliphatic rings. The highest BCUT2D eigenvalue weighted by Gasteiger charge is 2.21. The minimum Gasteiger partial charge on any atom is -0.457 e. The molecule has 4 aromatic rings. The van der Waals surface area contributed by atoms with E-state index in [1.54, 1.807) is 24.4 Å². The first-order valence-corrected chi connectivity index (χ1v) is 13.7. The lowest BCUT2D eigenvalue weighted by molar-refractivity contribution is 0.262. The van der Waals surface area contributed by atoms with E-state index >= 15 is 0 Å². The van der Waals surface area contributed by atoms with Crippen LogP contribution in [0.3, 0.4) is 0 Å². The Hall–Kier alpha value is -4.37. The zero-order chi connectivity index (χ0) is 28.3. The van der Waals surface area contributed by atoms with Crippen LogP contribution in [0.15, 0.2) is 67.0 Å². The van der Waals surface area contributed by atoms with E-state index in [2.05, 4.69) is 79.1 Å². The van der Waals surface area contributed by atoms with E-state index in [9.17, 15) is 4.79 Å². The smallest absolute Gasteiger partial charge is 0.323 e. The van der Waals surface area contributed by atoms with E-state index in [0.717, 1.165) is 36.6 Å². The summed E-state index contributed by atoms with van der Waals surface area (Å²) in [6.07, 6.45) is 4.57. The fourth-order valence-corrected chi connectivity index (χ4v) is 4.52. The zero-order valence-corrected chi connectivity index (χ0v) is 23.7. The molecule has 5 rings (SSSR count). The van der Waals surface area contributed by atoms with Gasteiger partial charge in [0.25, 0.3) is 0 Å². The number of amides is 2. The highest BCUT2D eigenvalue weighted by Crippen LogP contribution is 2.32. The van der Waals surface area contributed by atoms with E-state index in [1.165, 1.54) is 11.1 Å². The van der Waals surface area contributed by atoms with Crippen molar-refractivity contribution in [1.29, 1.82) is 0 Å². The number of urea groups is 1. The third-order valence-electron chi connectivity index (χ3n) is 6.53. The Labute approximate surface area is 235 Å². The van der Waals surface area contributed by atoms with Gasteiger partial charge < -0.3 is 26.0 Å². The molecule has 40 heavy (non-hydrogen) atoms. The summed E-state index contributed by atoms with van der Waals surface area (Å²) in [7, 11) is 0. The van der Waals surface area contributed by atoms with Crippen LogP contribution in [0.25, 0.3) is 11.3 Å². The molecular formula is C31H37N7O2. The Bertz CT molecular complexity index is 1490. The summed E-state index contributed by atoms with van der Waals surface area (Å²) >= 11 is 0. The predicted molar refractivity (Wildman–Crippen MR) is 160 cm³/mol. The first kappa shape index (κ1) is 27.2. The lowest BCUT2D eigenvalue weighted by Gasteiger charge is -2.19. The molecule has 2 aromatic heterocycles. The van der Waals surface area contributed by atoms with Crippen LogP contribution in [0.5, 0.6) is 11.5 Å². The van der Waals surface area contributed by atoms with Crippen LogP contribution in [0.1, 0.15) is 45.7 Å². The van der Waals surface area contributed by atoms with Gasteiger partial charge >= 0.3 is 6.03 Å². The van der Waals surface area contributed by atoms with Crippen molar-refractivity contribution in [3.63, 3.8) is 0 Å². The number of nitrogens with zero attached hydrogens (tertiary/aromatic N) is 3. The van der Waals surface area contributed by atoms with Crippen LogP contribution in [-0.2, 0) is 18.5 Å². The molecule has 9 heteroatoms. The zero-order valence-electron chi connectivity index (χ0n) is 23.7. The van der Waals surface area contributed by atoms with Crippen molar-refractivity contribution in [2.75, 3.05) is 22.5 Å². The molecule has 0 unspecified atom stereocenters. The SMILES string of the molecule is CC(C)Nc1cc(Oc2ccc(NC(=O)Nc3cn(C(C)(C)C)nc3-c3ccc4c(c3)CCNC4)cc2)ccn1. The van der Waals surface area contributed by atoms with Crippen molar-refractivity contribution < 1.29 is 9.53 Å². The molecule has 3 heterocycles. The number of anilines is 3. The van der Waals surface area contributed by atoms with Crippen molar-refractivity contribution in [2.24, 2.45) is 0 Å².